The van der Waals surface area contributed by atoms with Crippen molar-refractivity contribution < 1.29 is 26.8 Å². The summed E-state index contributed by atoms with van der Waals surface area (Å²) in [5.74, 6) is -1.91. The summed E-state index contributed by atoms with van der Waals surface area (Å²) < 4.78 is 55.3. The average molecular weight is 612 g/mol. The van der Waals surface area contributed by atoms with Gasteiger partial charge in [0.05, 0.1) is 11.9 Å². The topological polar surface area (TPSA) is 86.8 Å². The van der Waals surface area contributed by atoms with Crippen molar-refractivity contribution in [3.05, 3.63) is 102 Å². The maximum atomic E-state index is 14.8. The molecule has 1 aliphatic carbocycles. The molecule has 0 heterocycles. The van der Waals surface area contributed by atoms with Gasteiger partial charge in [0.2, 0.25) is 21.8 Å². The number of para-hydroxylation sites is 1. The molecule has 2 amide bonds. The molecule has 0 radical (unpaired) electrons. The number of halogens is 2. The molecule has 0 bridgehead atoms. The molecular weight excluding hydrogens is 572 g/mol. The number of hydrogen-bond donors (Lipinski definition) is 1. The Morgan fingerprint density at radius 1 is 0.884 bits per heavy atom. The second kappa shape index (κ2) is 15.1. The van der Waals surface area contributed by atoms with E-state index in [1.54, 1.807) is 18.2 Å². The number of anilines is 1. The summed E-state index contributed by atoms with van der Waals surface area (Å²) in [6, 6.07) is 20.1. The van der Waals surface area contributed by atoms with Gasteiger partial charge in [-0.2, -0.15) is 0 Å². The number of sulfonamides is 1. The lowest BCUT2D eigenvalue weighted by Gasteiger charge is -2.34. The van der Waals surface area contributed by atoms with Crippen molar-refractivity contribution in [2.75, 3.05) is 17.1 Å². The fourth-order valence-electron chi connectivity index (χ4n) is 5.54. The molecule has 0 aromatic heterocycles. The van der Waals surface area contributed by atoms with Gasteiger partial charge in [0.25, 0.3) is 0 Å². The smallest absolute Gasteiger partial charge is 0.243 e. The maximum Gasteiger partial charge on any atom is 0.243 e. The Bertz CT molecular complexity index is 1480. The monoisotopic (exact) mass is 611 g/mol. The van der Waals surface area contributed by atoms with Crippen LogP contribution in [-0.2, 0) is 32.6 Å². The Morgan fingerprint density at radius 3 is 2.16 bits per heavy atom. The van der Waals surface area contributed by atoms with Crippen LogP contribution < -0.4 is 9.62 Å². The van der Waals surface area contributed by atoms with Crippen molar-refractivity contribution in [1.82, 2.24) is 10.2 Å². The van der Waals surface area contributed by atoms with Gasteiger partial charge >= 0.3 is 0 Å². The molecule has 4 rings (SSSR count). The first kappa shape index (κ1) is 32.1. The molecule has 43 heavy (non-hydrogen) atoms. The summed E-state index contributed by atoms with van der Waals surface area (Å²) >= 11 is 0. The molecule has 7 nitrogen and oxygen atoms in total. The number of rotatable bonds is 13. The third-order valence-electron chi connectivity index (χ3n) is 7.79. The van der Waals surface area contributed by atoms with Crippen LogP contribution in [0.3, 0.4) is 0 Å². The maximum absolute atomic E-state index is 14.8. The Balaban J connectivity index is 1.60. The van der Waals surface area contributed by atoms with E-state index in [4.69, 9.17) is 0 Å². The van der Waals surface area contributed by atoms with Gasteiger partial charge in [-0.1, -0.05) is 79.9 Å². The molecule has 3 aromatic rings. The van der Waals surface area contributed by atoms with Crippen molar-refractivity contribution in [3.63, 3.8) is 0 Å². The Morgan fingerprint density at radius 2 is 1.51 bits per heavy atom. The van der Waals surface area contributed by atoms with E-state index in [9.17, 15) is 26.8 Å². The quantitative estimate of drug-likeness (QED) is 0.273. The second-order valence-corrected chi connectivity index (χ2v) is 13.0. The van der Waals surface area contributed by atoms with Gasteiger partial charge in [0, 0.05) is 37.5 Å². The number of nitrogens with one attached hydrogen (secondary N) is 1. The molecule has 0 spiro atoms. The number of carbonyl (C=O) groups is 2. The molecule has 10 heteroatoms. The van der Waals surface area contributed by atoms with Gasteiger partial charge in [0.15, 0.2) is 0 Å². The Labute approximate surface area is 252 Å². The first-order valence-electron chi connectivity index (χ1n) is 14.7. The number of benzene rings is 3. The van der Waals surface area contributed by atoms with E-state index in [1.165, 1.54) is 35.2 Å². The summed E-state index contributed by atoms with van der Waals surface area (Å²) in [4.78, 5) is 29.1. The zero-order valence-corrected chi connectivity index (χ0v) is 25.2. The van der Waals surface area contributed by atoms with Crippen LogP contribution in [-0.4, -0.2) is 50.0 Å². The zero-order chi connectivity index (χ0) is 30.8. The van der Waals surface area contributed by atoms with Crippen LogP contribution in [0.5, 0.6) is 0 Å². The molecule has 1 unspecified atom stereocenters. The van der Waals surface area contributed by atoms with Crippen LogP contribution >= 0.6 is 0 Å². The summed E-state index contributed by atoms with van der Waals surface area (Å²) in [5.41, 5.74) is 1.01. The summed E-state index contributed by atoms with van der Waals surface area (Å²) in [7, 11) is -3.84. The summed E-state index contributed by atoms with van der Waals surface area (Å²) in [6.45, 7) is -0.277. The fraction of sp³-hybridized carbons (Fsp3) is 0.394. The van der Waals surface area contributed by atoms with Crippen molar-refractivity contribution >= 4 is 27.5 Å². The van der Waals surface area contributed by atoms with Crippen molar-refractivity contribution in [3.8, 4) is 0 Å². The first-order valence-corrected chi connectivity index (χ1v) is 16.6. The number of hydrogen-bond acceptors (Lipinski definition) is 4. The highest BCUT2D eigenvalue weighted by atomic mass is 32.2. The predicted octanol–water partition coefficient (Wildman–Crippen LogP) is 5.60. The van der Waals surface area contributed by atoms with E-state index in [1.807, 2.05) is 30.3 Å². The minimum absolute atomic E-state index is 0.00836. The Hall–Kier alpha value is -3.79. The number of carbonyl (C=O) groups excluding carboxylic acids is 2. The fourth-order valence-corrected chi connectivity index (χ4v) is 6.51. The largest absolute Gasteiger partial charge is 0.352 e. The van der Waals surface area contributed by atoms with E-state index >= 15 is 0 Å². The lowest BCUT2D eigenvalue weighted by atomic mass is 9.94. The van der Waals surface area contributed by atoms with Crippen LogP contribution in [0.25, 0.3) is 0 Å². The normalized spacial score (nSPS) is 14.6. The van der Waals surface area contributed by atoms with Crippen LogP contribution in [0.4, 0.5) is 14.5 Å². The predicted molar refractivity (Wildman–Crippen MR) is 164 cm³/mol. The van der Waals surface area contributed by atoms with Crippen LogP contribution in [0.2, 0.25) is 0 Å². The average Bonchev–Trinajstić information content (AvgIpc) is 2.99. The van der Waals surface area contributed by atoms with Gasteiger partial charge in [-0.15, -0.1) is 0 Å². The highest BCUT2D eigenvalue weighted by molar-refractivity contribution is 7.92. The van der Waals surface area contributed by atoms with Gasteiger partial charge in [-0.25, -0.2) is 17.2 Å². The van der Waals surface area contributed by atoms with Gasteiger partial charge < -0.3 is 10.2 Å². The van der Waals surface area contributed by atoms with E-state index < -0.39 is 33.6 Å². The summed E-state index contributed by atoms with van der Waals surface area (Å²) in [6.07, 6.45) is 6.03. The van der Waals surface area contributed by atoms with E-state index in [-0.39, 0.29) is 55.6 Å². The van der Waals surface area contributed by atoms with Gasteiger partial charge in [0.1, 0.15) is 17.7 Å². The minimum Gasteiger partial charge on any atom is -0.352 e. The lowest BCUT2D eigenvalue weighted by Crippen LogP contribution is -2.53. The van der Waals surface area contributed by atoms with Gasteiger partial charge in [-0.3, -0.25) is 13.9 Å². The third kappa shape index (κ3) is 9.10. The molecule has 3 aromatic carbocycles. The second-order valence-electron chi connectivity index (χ2n) is 11.1. The molecule has 1 fully saturated rings. The molecular formula is C33H39F2N3O4S. The molecule has 1 N–H and O–H groups in total. The SMILES string of the molecule is CS(=O)(=O)N(CCCC(=O)N(Cc1ccccc1F)C(Cc1ccccc1)C(=O)NC1CCCCC1)c1ccccc1F. The van der Waals surface area contributed by atoms with Crippen molar-refractivity contribution in [2.24, 2.45) is 0 Å². The van der Waals surface area contributed by atoms with Crippen LogP contribution in [0, 0.1) is 11.6 Å². The highest BCUT2D eigenvalue weighted by Crippen LogP contribution is 2.24. The third-order valence-corrected chi connectivity index (χ3v) is 8.97. The Kier molecular flexibility index (Phi) is 11.3. The van der Waals surface area contributed by atoms with Gasteiger partial charge in [-0.05, 0) is 43.0 Å². The molecule has 1 saturated carbocycles. The molecule has 0 aliphatic heterocycles. The first-order chi connectivity index (χ1) is 20.6. The van der Waals surface area contributed by atoms with E-state index in [0.717, 1.165) is 48.2 Å². The number of amides is 2. The minimum atomic E-state index is -3.84. The van der Waals surface area contributed by atoms with Crippen molar-refractivity contribution in [2.45, 2.75) is 70.0 Å². The lowest BCUT2D eigenvalue weighted by molar-refractivity contribution is -0.141. The molecule has 0 saturated heterocycles. The highest BCUT2D eigenvalue weighted by Gasteiger charge is 2.32. The van der Waals surface area contributed by atoms with Crippen molar-refractivity contribution in [1.29, 1.82) is 0 Å². The zero-order valence-electron chi connectivity index (χ0n) is 24.4. The van der Waals surface area contributed by atoms with E-state index in [0.29, 0.717) is 0 Å². The van der Waals surface area contributed by atoms with Crippen LogP contribution in [0.1, 0.15) is 56.1 Å². The molecule has 1 aliphatic rings. The standard InChI is InChI=1S/C33H39F2N3O4S/c1-43(41,42)38(30-20-11-10-19-29(30)35)22-12-21-32(39)37(24-26-15-8-9-18-28(26)34)31(23-25-13-4-2-5-14-25)33(40)36-27-16-6-3-7-17-27/h2,4-5,8-11,13-15,18-20,27,31H,3,6-7,12,16-17,21-24H2,1H3,(H,36,40). The molecule has 230 valence electrons. The molecule has 1 atom stereocenters. The summed E-state index contributed by atoms with van der Waals surface area (Å²) in [5, 5.41) is 3.14. The van der Waals surface area contributed by atoms with Crippen LogP contribution in [0.15, 0.2) is 78.9 Å². The van der Waals surface area contributed by atoms with E-state index in [2.05, 4.69) is 5.32 Å². The number of nitrogens with zero attached hydrogens (tertiary/aromatic N) is 2.